The van der Waals surface area contributed by atoms with Crippen LogP contribution < -0.4 is 15.0 Å². The second-order valence-electron chi connectivity index (χ2n) is 7.33. The first-order valence-electron chi connectivity index (χ1n) is 10.4. The molecule has 0 unspecified atom stereocenters. The van der Waals surface area contributed by atoms with Gasteiger partial charge in [0.05, 0.1) is 17.2 Å². The molecule has 0 saturated heterocycles. The lowest BCUT2D eigenvalue weighted by molar-refractivity contribution is -0.145. The number of para-hydroxylation sites is 2. The molecular weight excluding hydrogens is 474 g/mol. The zero-order valence-electron chi connectivity index (χ0n) is 17.8. The molecule has 0 spiro atoms. The van der Waals surface area contributed by atoms with Crippen LogP contribution in [0.2, 0.25) is 10.2 Å². The van der Waals surface area contributed by atoms with Crippen LogP contribution in [0.4, 0.5) is 4.39 Å². The van der Waals surface area contributed by atoms with E-state index in [2.05, 4.69) is 0 Å². The van der Waals surface area contributed by atoms with Crippen molar-refractivity contribution in [3.05, 3.63) is 62.7 Å². The van der Waals surface area contributed by atoms with Crippen molar-refractivity contribution in [2.45, 2.75) is 32.9 Å². The number of halogens is 3. The normalized spacial score (nSPS) is 12.8. The van der Waals surface area contributed by atoms with E-state index in [0.29, 0.717) is 13.1 Å². The van der Waals surface area contributed by atoms with E-state index in [0.717, 1.165) is 18.9 Å². The first-order chi connectivity index (χ1) is 15.9. The monoisotopic (exact) mass is 494 g/mol. The summed E-state index contributed by atoms with van der Waals surface area (Å²) < 4.78 is 34.4. The SMILES string of the molecule is CCOC(=O)COc1ccccc1Oc1cc(-c2c(Cl)n3n(c2=O)CCCC3)c(F)cc1Cl. The topological polar surface area (TPSA) is 71.7 Å². The summed E-state index contributed by atoms with van der Waals surface area (Å²) in [6, 6.07) is 9.05. The molecular formula is C23H21Cl2FN2O5. The number of hydrogen-bond acceptors (Lipinski definition) is 5. The highest BCUT2D eigenvalue weighted by molar-refractivity contribution is 6.33. The van der Waals surface area contributed by atoms with Gasteiger partial charge < -0.3 is 14.2 Å². The van der Waals surface area contributed by atoms with Crippen molar-refractivity contribution >= 4 is 29.2 Å². The zero-order valence-corrected chi connectivity index (χ0v) is 19.3. The van der Waals surface area contributed by atoms with Crippen LogP contribution in [0.15, 0.2) is 41.2 Å². The predicted octanol–water partition coefficient (Wildman–Crippen LogP) is 5.29. The number of benzene rings is 2. The van der Waals surface area contributed by atoms with Crippen molar-refractivity contribution in [1.29, 1.82) is 0 Å². The summed E-state index contributed by atoms with van der Waals surface area (Å²) in [5.74, 6) is -0.598. The second-order valence-corrected chi connectivity index (χ2v) is 8.09. The van der Waals surface area contributed by atoms with Crippen molar-refractivity contribution in [3.63, 3.8) is 0 Å². The third-order valence-electron chi connectivity index (χ3n) is 5.17. The van der Waals surface area contributed by atoms with Crippen LogP contribution in [0.1, 0.15) is 19.8 Å². The van der Waals surface area contributed by atoms with Gasteiger partial charge in [-0.15, -0.1) is 0 Å². The molecule has 0 amide bonds. The van der Waals surface area contributed by atoms with Crippen molar-refractivity contribution in [3.8, 4) is 28.4 Å². The van der Waals surface area contributed by atoms with Crippen molar-refractivity contribution < 1.29 is 23.4 Å². The lowest BCUT2D eigenvalue weighted by Crippen LogP contribution is -2.27. The maximum atomic E-state index is 14.9. The van der Waals surface area contributed by atoms with E-state index in [-0.39, 0.29) is 57.3 Å². The minimum atomic E-state index is -0.693. The molecule has 2 aromatic carbocycles. The fourth-order valence-electron chi connectivity index (χ4n) is 3.66. The van der Waals surface area contributed by atoms with Gasteiger partial charge in [0, 0.05) is 18.7 Å². The van der Waals surface area contributed by atoms with E-state index in [4.69, 9.17) is 37.4 Å². The average molecular weight is 495 g/mol. The molecule has 7 nitrogen and oxygen atoms in total. The molecule has 0 radical (unpaired) electrons. The highest BCUT2D eigenvalue weighted by atomic mass is 35.5. The minimum absolute atomic E-state index is 0.00311. The Morgan fingerprint density at radius 1 is 1.06 bits per heavy atom. The number of rotatable bonds is 7. The Kier molecular flexibility index (Phi) is 6.95. The van der Waals surface area contributed by atoms with E-state index in [1.807, 2.05) is 0 Å². The third-order valence-corrected chi connectivity index (χ3v) is 5.85. The summed E-state index contributed by atoms with van der Waals surface area (Å²) in [7, 11) is 0. The lowest BCUT2D eigenvalue weighted by atomic mass is 10.1. The van der Waals surface area contributed by atoms with Gasteiger partial charge in [0.1, 0.15) is 16.7 Å². The van der Waals surface area contributed by atoms with Gasteiger partial charge in [-0.2, -0.15) is 0 Å². The fraction of sp³-hybridized carbons (Fsp3) is 0.304. The molecule has 1 aliphatic rings. The summed E-state index contributed by atoms with van der Waals surface area (Å²) in [6.07, 6.45) is 1.73. The maximum absolute atomic E-state index is 14.9. The quantitative estimate of drug-likeness (QED) is 0.417. The molecule has 3 aromatic rings. The second kappa shape index (κ2) is 9.89. The van der Waals surface area contributed by atoms with E-state index in [9.17, 15) is 14.0 Å². The van der Waals surface area contributed by atoms with Crippen LogP contribution in [0.25, 0.3) is 11.1 Å². The van der Waals surface area contributed by atoms with Gasteiger partial charge in [-0.25, -0.2) is 13.9 Å². The number of nitrogens with zero attached hydrogens (tertiary/aromatic N) is 2. The minimum Gasteiger partial charge on any atom is -0.478 e. The fourth-order valence-corrected chi connectivity index (χ4v) is 4.21. The summed E-state index contributed by atoms with van der Waals surface area (Å²) >= 11 is 12.7. The Bertz CT molecular complexity index is 1250. The highest BCUT2D eigenvalue weighted by Crippen LogP contribution is 2.39. The number of ether oxygens (including phenoxy) is 3. The van der Waals surface area contributed by atoms with Gasteiger partial charge in [-0.3, -0.25) is 9.48 Å². The first-order valence-corrected chi connectivity index (χ1v) is 11.2. The molecule has 4 rings (SSSR count). The van der Waals surface area contributed by atoms with Gasteiger partial charge in [0.2, 0.25) is 0 Å². The van der Waals surface area contributed by atoms with Gasteiger partial charge in [0.15, 0.2) is 18.1 Å². The molecule has 10 heteroatoms. The summed E-state index contributed by atoms with van der Waals surface area (Å²) in [5.41, 5.74) is -0.321. The van der Waals surface area contributed by atoms with E-state index < -0.39 is 11.8 Å². The number of aromatic nitrogens is 2. The molecule has 0 aliphatic carbocycles. The van der Waals surface area contributed by atoms with Crippen molar-refractivity contribution in [2.75, 3.05) is 13.2 Å². The number of esters is 1. The zero-order chi connectivity index (χ0) is 23.5. The Morgan fingerprint density at radius 3 is 2.45 bits per heavy atom. The maximum Gasteiger partial charge on any atom is 0.344 e. The number of hydrogen-bond donors (Lipinski definition) is 0. The molecule has 2 heterocycles. The van der Waals surface area contributed by atoms with Crippen molar-refractivity contribution in [1.82, 2.24) is 9.36 Å². The molecule has 0 atom stereocenters. The van der Waals surface area contributed by atoms with Crippen LogP contribution in [0.3, 0.4) is 0 Å². The van der Waals surface area contributed by atoms with E-state index in [1.165, 1.54) is 10.7 Å². The van der Waals surface area contributed by atoms with Gasteiger partial charge in [-0.05, 0) is 44.0 Å². The molecule has 1 aromatic heterocycles. The molecule has 174 valence electrons. The highest BCUT2D eigenvalue weighted by Gasteiger charge is 2.25. The van der Waals surface area contributed by atoms with Crippen LogP contribution in [-0.2, 0) is 22.6 Å². The Balaban J connectivity index is 1.69. The molecule has 1 aliphatic heterocycles. The standard InChI is InChI=1S/C23H21Cl2FN2O5/c1-2-31-20(29)13-32-17-7-3-4-8-18(17)33-19-11-14(16(26)12-15(19)24)21-22(25)27-9-5-6-10-28(27)23(21)30/h3-4,7-8,11-12H,2,5-6,9-10,13H2,1H3. The number of carbonyl (C=O) groups is 1. The average Bonchev–Trinajstić information content (AvgIpc) is 3.05. The summed E-state index contributed by atoms with van der Waals surface area (Å²) in [4.78, 5) is 24.6. The van der Waals surface area contributed by atoms with Crippen LogP contribution in [-0.4, -0.2) is 28.5 Å². The van der Waals surface area contributed by atoms with Crippen LogP contribution in [0, 0.1) is 5.82 Å². The molecule has 0 saturated carbocycles. The van der Waals surface area contributed by atoms with E-state index in [1.54, 1.807) is 35.9 Å². The third kappa shape index (κ3) is 4.72. The predicted molar refractivity (Wildman–Crippen MR) is 122 cm³/mol. The summed E-state index contributed by atoms with van der Waals surface area (Å²) in [6.45, 7) is 2.72. The Morgan fingerprint density at radius 2 is 1.76 bits per heavy atom. The Hall–Kier alpha value is -2.97. The molecule has 0 bridgehead atoms. The van der Waals surface area contributed by atoms with Gasteiger partial charge in [-0.1, -0.05) is 35.3 Å². The van der Waals surface area contributed by atoms with Gasteiger partial charge >= 0.3 is 5.97 Å². The van der Waals surface area contributed by atoms with Crippen molar-refractivity contribution in [2.24, 2.45) is 0 Å². The van der Waals surface area contributed by atoms with E-state index >= 15 is 0 Å². The van der Waals surface area contributed by atoms with Gasteiger partial charge in [0.25, 0.3) is 5.56 Å². The van der Waals surface area contributed by atoms with Crippen LogP contribution >= 0.6 is 23.2 Å². The molecule has 0 fully saturated rings. The first kappa shape index (κ1) is 23.2. The number of carbonyl (C=O) groups excluding carboxylic acids is 1. The molecule has 33 heavy (non-hydrogen) atoms. The largest absolute Gasteiger partial charge is 0.478 e. The summed E-state index contributed by atoms with van der Waals surface area (Å²) in [5, 5.41) is 0.168. The Labute approximate surface area is 199 Å². The lowest BCUT2D eigenvalue weighted by Gasteiger charge is -2.17. The smallest absolute Gasteiger partial charge is 0.344 e. The number of fused-ring (bicyclic) bond motifs is 1. The van der Waals surface area contributed by atoms with Crippen LogP contribution in [0.5, 0.6) is 17.2 Å². The molecule has 0 N–H and O–H groups in total.